The predicted molar refractivity (Wildman–Crippen MR) is 177 cm³/mol. The number of ether oxygens (including phenoxy) is 3. The van der Waals surface area contributed by atoms with E-state index in [1.54, 1.807) is 0 Å². The van der Waals surface area contributed by atoms with Gasteiger partial charge in [-0.05, 0) is 26.5 Å². The van der Waals surface area contributed by atoms with Gasteiger partial charge in [0.05, 0.1) is 26.4 Å². The zero-order valence-corrected chi connectivity index (χ0v) is 27.2. The van der Waals surface area contributed by atoms with Gasteiger partial charge in [-0.25, -0.2) is 0 Å². The lowest BCUT2D eigenvalue weighted by Gasteiger charge is -2.46. The molecule has 0 amide bonds. The van der Waals surface area contributed by atoms with Gasteiger partial charge >= 0.3 is 0 Å². The molecule has 0 aliphatic carbocycles. The fraction of sp³-hybridized carbons (Fsp3) is 0.351. The minimum absolute atomic E-state index is 0.163. The molecule has 5 rings (SSSR count). The second-order valence-corrected chi connectivity index (χ2v) is 16.9. The Morgan fingerprint density at radius 3 is 1.62 bits per heavy atom. The first kappa shape index (κ1) is 33.2. The highest BCUT2D eigenvalue weighted by molar-refractivity contribution is 6.99. The van der Waals surface area contributed by atoms with Crippen molar-refractivity contribution in [3.8, 4) is 0 Å². The smallest absolute Gasteiger partial charge is 0.261 e. The van der Waals surface area contributed by atoms with Crippen LogP contribution >= 0.6 is 0 Å². The highest BCUT2D eigenvalue weighted by Crippen LogP contribution is 2.42. The Hall–Kier alpha value is -3.18. The fourth-order valence-electron chi connectivity index (χ4n) is 6.34. The van der Waals surface area contributed by atoms with Gasteiger partial charge in [0, 0.05) is 0 Å². The SMILES string of the molecule is CC(C)(C)[Si](OC[C@@]1([C@H](O)CO)OC(O)[C@H](OCc2ccccc2)[C@H]1OCc1ccccc1)(c1ccccc1)c1ccccc1. The first-order valence-corrected chi connectivity index (χ1v) is 17.3. The third kappa shape index (κ3) is 6.99. The van der Waals surface area contributed by atoms with Gasteiger partial charge in [-0.1, -0.05) is 142 Å². The van der Waals surface area contributed by atoms with Crippen molar-refractivity contribution in [2.24, 2.45) is 0 Å². The van der Waals surface area contributed by atoms with E-state index in [4.69, 9.17) is 18.6 Å². The summed E-state index contributed by atoms with van der Waals surface area (Å²) < 4.78 is 26.3. The van der Waals surface area contributed by atoms with Gasteiger partial charge in [0.15, 0.2) is 11.9 Å². The summed E-state index contributed by atoms with van der Waals surface area (Å²) in [5.74, 6) is 0. The predicted octanol–water partition coefficient (Wildman–Crippen LogP) is 4.17. The molecule has 0 bridgehead atoms. The van der Waals surface area contributed by atoms with Crippen LogP contribution in [0.4, 0.5) is 0 Å². The monoisotopic (exact) mass is 628 g/mol. The molecule has 5 atom stereocenters. The first-order chi connectivity index (χ1) is 21.7. The summed E-state index contributed by atoms with van der Waals surface area (Å²) in [6.07, 6.45) is -4.86. The third-order valence-corrected chi connectivity index (χ3v) is 13.6. The summed E-state index contributed by atoms with van der Waals surface area (Å²) in [6, 6.07) is 39.6. The molecule has 1 aliphatic rings. The molecule has 1 aliphatic heterocycles. The van der Waals surface area contributed by atoms with Crippen molar-refractivity contribution in [2.45, 2.75) is 69.2 Å². The van der Waals surface area contributed by atoms with Crippen molar-refractivity contribution < 1.29 is 34.0 Å². The van der Waals surface area contributed by atoms with E-state index < -0.39 is 45.1 Å². The van der Waals surface area contributed by atoms with Crippen molar-refractivity contribution in [1.29, 1.82) is 0 Å². The standard InChI is InChI=1S/C37H44O7Si/c1-36(2,3)45(30-20-12-6-13-21-30,31-22-14-7-15-23-31)43-27-37(32(39)24-38)34(42-26-29-18-10-5-11-19-29)33(35(40)44-37)41-25-28-16-8-4-9-17-28/h4-23,32-35,38-40H,24-27H2,1-3H3/t32-,33-,34-,35?,37+/m1/s1. The van der Waals surface area contributed by atoms with E-state index >= 15 is 0 Å². The third-order valence-electron chi connectivity index (χ3n) is 8.63. The van der Waals surface area contributed by atoms with Gasteiger partial charge in [0.2, 0.25) is 0 Å². The first-order valence-electron chi connectivity index (χ1n) is 15.4. The quantitative estimate of drug-likeness (QED) is 0.191. The van der Waals surface area contributed by atoms with Crippen LogP contribution in [0.5, 0.6) is 0 Å². The average Bonchev–Trinajstić information content (AvgIpc) is 3.34. The molecule has 4 aromatic rings. The Bertz CT molecular complexity index is 1410. The summed E-state index contributed by atoms with van der Waals surface area (Å²) in [7, 11) is -3.10. The molecule has 0 spiro atoms. The molecule has 3 N–H and O–H groups in total. The molecule has 0 radical (unpaired) electrons. The van der Waals surface area contributed by atoms with Crippen molar-refractivity contribution >= 4 is 18.7 Å². The molecule has 1 unspecified atom stereocenters. The Morgan fingerprint density at radius 1 is 0.733 bits per heavy atom. The van der Waals surface area contributed by atoms with Crippen LogP contribution in [0.2, 0.25) is 5.04 Å². The molecule has 7 nitrogen and oxygen atoms in total. The molecule has 0 saturated carbocycles. The van der Waals surface area contributed by atoms with E-state index in [0.29, 0.717) is 0 Å². The number of benzene rings is 4. The number of aliphatic hydroxyl groups excluding tert-OH is 3. The van der Waals surface area contributed by atoms with Crippen LogP contribution in [-0.2, 0) is 31.9 Å². The summed E-state index contributed by atoms with van der Waals surface area (Å²) in [6.45, 7) is 6.05. The van der Waals surface area contributed by atoms with Crippen LogP contribution in [0.15, 0.2) is 121 Å². The molecule has 45 heavy (non-hydrogen) atoms. The summed E-state index contributed by atoms with van der Waals surface area (Å²) >= 11 is 0. The van der Waals surface area contributed by atoms with Gasteiger partial charge < -0.3 is 34.0 Å². The van der Waals surface area contributed by atoms with Crippen molar-refractivity contribution in [3.05, 3.63) is 132 Å². The Morgan fingerprint density at radius 2 is 1.18 bits per heavy atom. The highest BCUT2D eigenvalue weighted by Gasteiger charge is 2.62. The molecule has 0 aromatic heterocycles. The topological polar surface area (TPSA) is 97.6 Å². The van der Waals surface area contributed by atoms with Gasteiger partial charge in [-0.2, -0.15) is 0 Å². The van der Waals surface area contributed by atoms with Gasteiger partial charge in [-0.15, -0.1) is 0 Å². The van der Waals surface area contributed by atoms with Crippen molar-refractivity contribution in [3.63, 3.8) is 0 Å². The minimum Gasteiger partial charge on any atom is -0.404 e. The lowest BCUT2D eigenvalue weighted by Crippen LogP contribution is -2.69. The molecule has 238 valence electrons. The van der Waals surface area contributed by atoms with Crippen LogP contribution in [0.25, 0.3) is 0 Å². The maximum absolute atomic E-state index is 11.6. The molecule has 1 fully saturated rings. The van der Waals surface area contributed by atoms with Crippen LogP contribution in [0.1, 0.15) is 31.9 Å². The zero-order valence-electron chi connectivity index (χ0n) is 26.2. The van der Waals surface area contributed by atoms with Gasteiger partial charge in [0.25, 0.3) is 8.32 Å². The number of aliphatic hydroxyl groups is 3. The summed E-state index contributed by atoms with van der Waals surface area (Å²) in [4.78, 5) is 0. The van der Waals surface area contributed by atoms with E-state index in [9.17, 15) is 15.3 Å². The van der Waals surface area contributed by atoms with Crippen LogP contribution in [-0.4, -0.2) is 67.1 Å². The molecular formula is C37H44O7Si. The van der Waals surface area contributed by atoms with Crippen LogP contribution < -0.4 is 10.4 Å². The van der Waals surface area contributed by atoms with E-state index in [-0.39, 0.29) is 24.9 Å². The fourth-order valence-corrected chi connectivity index (χ4v) is 10.9. The van der Waals surface area contributed by atoms with Crippen molar-refractivity contribution in [2.75, 3.05) is 13.2 Å². The van der Waals surface area contributed by atoms with E-state index in [1.165, 1.54) is 0 Å². The number of hydrogen-bond donors (Lipinski definition) is 3. The summed E-state index contributed by atoms with van der Waals surface area (Å²) in [5, 5.41) is 35.1. The minimum atomic E-state index is -3.10. The van der Waals surface area contributed by atoms with Gasteiger partial charge in [0.1, 0.15) is 18.3 Å². The molecule has 8 heteroatoms. The lowest BCUT2D eigenvalue weighted by atomic mass is 9.90. The Balaban J connectivity index is 1.56. The number of hydrogen-bond acceptors (Lipinski definition) is 7. The average molecular weight is 629 g/mol. The summed E-state index contributed by atoms with van der Waals surface area (Å²) in [5.41, 5.74) is 0.161. The maximum Gasteiger partial charge on any atom is 0.261 e. The van der Waals surface area contributed by atoms with Gasteiger partial charge in [-0.3, -0.25) is 0 Å². The molecule has 1 heterocycles. The lowest BCUT2D eigenvalue weighted by molar-refractivity contribution is -0.220. The second-order valence-electron chi connectivity index (χ2n) is 12.6. The Kier molecular flexibility index (Phi) is 10.7. The van der Waals surface area contributed by atoms with E-state index in [2.05, 4.69) is 45.0 Å². The normalized spacial score (nSPS) is 22.8. The van der Waals surface area contributed by atoms with E-state index in [1.807, 2.05) is 97.1 Å². The van der Waals surface area contributed by atoms with E-state index in [0.717, 1.165) is 21.5 Å². The van der Waals surface area contributed by atoms with Crippen LogP contribution in [0, 0.1) is 0 Å². The zero-order chi connectivity index (χ0) is 31.9. The molecule has 1 saturated heterocycles. The van der Waals surface area contributed by atoms with Crippen LogP contribution in [0.3, 0.4) is 0 Å². The van der Waals surface area contributed by atoms with Crippen molar-refractivity contribution in [1.82, 2.24) is 0 Å². The largest absolute Gasteiger partial charge is 0.404 e. The number of rotatable bonds is 13. The Labute approximate surface area is 267 Å². The molecule has 4 aromatic carbocycles. The highest BCUT2D eigenvalue weighted by atomic mass is 28.4. The molecular weight excluding hydrogens is 584 g/mol. The second kappa shape index (κ2) is 14.5. The maximum atomic E-state index is 11.6.